The average Bonchev–Trinajstić information content (AvgIpc) is 3.32. The van der Waals surface area contributed by atoms with Gasteiger partial charge in [0.25, 0.3) is 0 Å². The second kappa shape index (κ2) is 8.11. The summed E-state index contributed by atoms with van der Waals surface area (Å²) >= 11 is 0. The standard InChI is InChI=1S/C16H29NO4/c1-3-17-16(14-5-6-14,15(18)21-4-2)12-20-11-13-7-9-19-10-8-13/h13-14,17H,3-12H2,1-2H3. The highest BCUT2D eigenvalue weighted by atomic mass is 16.5. The first-order chi connectivity index (χ1) is 10.2. The highest BCUT2D eigenvalue weighted by Crippen LogP contribution is 2.41. The summed E-state index contributed by atoms with van der Waals surface area (Å²) in [6.45, 7) is 7.82. The Morgan fingerprint density at radius 1 is 1.24 bits per heavy atom. The van der Waals surface area contributed by atoms with Gasteiger partial charge in [-0.05, 0) is 51.0 Å². The summed E-state index contributed by atoms with van der Waals surface area (Å²) in [6, 6.07) is 0. The van der Waals surface area contributed by atoms with Crippen molar-refractivity contribution in [3.05, 3.63) is 0 Å². The third kappa shape index (κ3) is 4.41. The minimum atomic E-state index is -0.643. The van der Waals surface area contributed by atoms with Gasteiger partial charge in [-0.2, -0.15) is 0 Å². The third-order valence-corrected chi connectivity index (χ3v) is 4.43. The monoisotopic (exact) mass is 299 g/mol. The van der Waals surface area contributed by atoms with Crippen LogP contribution in [0.3, 0.4) is 0 Å². The van der Waals surface area contributed by atoms with Crippen LogP contribution in [0.4, 0.5) is 0 Å². The fourth-order valence-corrected chi connectivity index (χ4v) is 3.06. The van der Waals surface area contributed by atoms with Gasteiger partial charge in [-0.15, -0.1) is 0 Å². The van der Waals surface area contributed by atoms with Gasteiger partial charge >= 0.3 is 5.97 Å². The normalized spacial score (nSPS) is 22.8. The Labute approximate surface area is 127 Å². The Morgan fingerprint density at radius 2 is 1.95 bits per heavy atom. The molecule has 1 aliphatic heterocycles. The van der Waals surface area contributed by atoms with E-state index in [1.165, 1.54) is 0 Å². The summed E-state index contributed by atoms with van der Waals surface area (Å²) in [5, 5.41) is 3.36. The Kier molecular flexibility index (Phi) is 6.45. The van der Waals surface area contributed by atoms with Crippen LogP contribution in [-0.4, -0.2) is 51.1 Å². The van der Waals surface area contributed by atoms with E-state index in [0.717, 1.165) is 45.4 Å². The van der Waals surface area contributed by atoms with Gasteiger partial charge in [0, 0.05) is 19.8 Å². The molecule has 1 saturated heterocycles. The number of rotatable bonds is 9. The fourth-order valence-electron chi connectivity index (χ4n) is 3.06. The molecule has 0 aromatic heterocycles. The van der Waals surface area contributed by atoms with Crippen LogP contribution in [0, 0.1) is 11.8 Å². The highest BCUT2D eigenvalue weighted by molar-refractivity contribution is 5.82. The lowest BCUT2D eigenvalue weighted by Gasteiger charge is -2.33. The van der Waals surface area contributed by atoms with E-state index >= 15 is 0 Å². The summed E-state index contributed by atoms with van der Waals surface area (Å²) in [5.74, 6) is 0.756. The molecule has 5 nitrogen and oxygen atoms in total. The molecular weight excluding hydrogens is 270 g/mol. The zero-order valence-corrected chi connectivity index (χ0v) is 13.4. The number of nitrogens with one attached hydrogen (secondary N) is 1. The molecule has 1 unspecified atom stereocenters. The van der Waals surface area contributed by atoms with Crippen LogP contribution in [0.5, 0.6) is 0 Å². The average molecular weight is 299 g/mol. The Hall–Kier alpha value is -0.650. The van der Waals surface area contributed by atoms with Crippen molar-refractivity contribution in [3.8, 4) is 0 Å². The number of hydrogen-bond acceptors (Lipinski definition) is 5. The van der Waals surface area contributed by atoms with Gasteiger partial charge in [-0.1, -0.05) is 6.92 Å². The molecule has 1 saturated carbocycles. The molecule has 0 radical (unpaired) electrons. The van der Waals surface area contributed by atoms with Crippen LogP contribution < -0.4 is 5.32 Å². The van der Waals surface area contributed by atoms with Crippen LogP contribution in [0.25, 0.3) is 0 Å². The predicted molar refractivity (Wildman–Crippen MR) is 80.1 cm³/mol. The topological polar surface area (TPSA) is 56.8 Å². The van der Waals surface area contributed by atoms with Crippen LogP contribution in [-0.2, 0) is 19.0 Å². The van der Waals surface area contributed by atoms with E-state index < -0.39 is 5.54 Å². The van der Waals surface area contributed by atoms with Crippen LogP contribution >= 0.6 is 0 Å². The van der Waals surface area contributed by atoms with Gasteiger partial charge in [-0.25, -0.2) is 4.79 Å². The van der Waals surface area contributed by atoms with E-state index in [0.29, 0.717) is 31.7 Å². The van der Waals surface area contributed by atoms with Gasteiger partial charge < -0.3 is 14.2 Å². The maximum absolute atomic E-state index is 12.4. The molecule has 0 amide bonds. The summed E-state index contributed by atoms with van der Waals surface area (Å²) < 4.78 is 16.6. The molecule has 5 heteroatoms. The molecule has 122 valence electrons. The minimum absolute atomic E-state index is 0.152. The maximum atomic E-state index is 12.4. The lowest BCUT2D eigenvalue weighted by Crippen LogP contribution is -2.58. The first kappa shape index (κ1) is 16.7. The fraction of sp³-hybridized carbons (Fsp3) is 0.938. The van der Waals surface area contributed by atoms with E-state index in [1.807, 2.05) is 13.8 Å². The second-order valence-corrected chi connectivity index (χ2v) is 6.07. The van der Waals surface area contributed by atoms with Crippen LogP contribution in [0.15, 0.2) is 0 Å². The molecule has 0 aromatic rings. The van der Waals surface area contributed by atoms with E-state index in [9.17, 15) is 4.79 Å². The van der Waals surface area contributed by atoms with Crippen LogP contribution in [0.1, 0.15) is 39.5 Å². The molecule has 1 heterocycles. The maximum Gasteiger partial charge on any atom is 0.329 e. The van der Waals surface area contributed by atoms with Crippen molar-refractivity contribution in [2.45, 2.75) is 45.1 Å². The number of ether oxygens (including phenoxy) is 3. The van der Waals surface area contributed by atoms with Crippen molar-refractivity contribution in [3.63, 3.8) is 0 Å². The zero-order valence-electron chi connectivity index (χ0n) is 13.4. The SMILES string of the molecule is CCNC(COCC1CCOCC1)(C(=O)OCC)C1CC1. The summed E-state index contributed by atoms with van der Waals surface area (Å²) in [4.78, 5) is 12.4. The van der Waals surface area contributed by atoms with Crippen molar-refractivity contribution in [2.24, 2.45) is 11.8 Å². The molecule has 2 aliphatic rings. The van der Waals surface area contributed by atoms with E-state index in [1.54, 1.807) is 0 Å². The summed E-state index contributed by atoms with van der Waals surface area (Å²) in [7, 11) is 0. The van der Waals surface area contributed by atoms with Crippen molar-refractivity contribution in [1.29, 1.82) is 0 Å². The highest BCUT2D eigenvalue weighted by Gasteiger charge is 2.52. The van der Waals surface area contributed by atoms with E-state index in [2.05, 4.69) is 5.32 Å². The summed E-state index contributed by atoms with van der Waals surface area (Å²) in [5.41, 5.74) is -0.643. The summed E-state index contributed by atoms with van der Waals surface area (Å²) in [6.07, 6.45) is 4.26. The predicted octanol–water partition coefficient (Wildman–Crippen LogP) is 1.75. The minimum Gasteiger partial charge on any atom is -0.465 e. The Balaban J connectivity index is 1.89. The molecule has 0 aromatic carbocycles. The molecule has 2 fully saturated rings. The Morgan fingerprint density at radius 3 is 2.52 bits per heavy atom. The van der Waals surface area contributed by atoms with Crippen molar-refractivity contribution in [1.82, 2.24) is 5.32 Å². The number of hydrogen-bond donors (Lipinski definition) is 1. The molecule has 1 atom stereocenters. The molecule has 2 rings (SSSR count). The second-order valence-electron chi connectivity index (χ2n) is 6.07. The lowest BCUT2D eigenvalue weighted by atomic mass is 9.93. The largest absolute Gasteiger partial charge is 0.465 e. The molecule has 1 aliphatic carbocycles. The molecular formula is C16H29NO4. The van der Waals surface area contributed by atoms with Crippen molar-refractivity contribution in [2.75, 3.05) is 39.6 Å². The van der Waals surface area contributed by atoms with Crippen molar-refractivity contribution >= 4 is 5.97 Å². The van der Waals surface area contributed by atoms with Crippen molar-refractivity contribution < 1.29 is 19.0 Å². The van der Waals surface area contributed by atoms with Gasteiger partial charge in [0.2, 0.25) is 0 Å². The first-order valence-electron chi connectivity index (χ1n) is 8.30. The van der Waals surface area contributed by atoms with E-state index in [4.69, 9.17) is 14.2 Å². The smallest absolute Gasteiger partial charge is 0.329 e. The Bertz CT molecular complexity index is 326. The number of carbonyl (C=O) groups excluding carboxylic acids is 1. The molecule has 0 spiro atoms. The number of carbonyl (C=O) groups is 1. The quantitative estimate of drug-likeness (QED) is 0.657. The lowest BCUT2D eigenvalue weighted by molar-refractivity contribution is -0.156. The number of likely N-dealkylation sites (N-methyl/N-ethyl adjacent to an activating group) is 1. The number of esters is 1. The molecule has 21 heavy (non-hydrogen) atoms. The third-order valence-electron chi connectivity index (χ3n) is 4.43. The van der Waals surface area contributed by atoms with Gasteiger partial charge in [0.15, 0.2) is 0 Å². The van der Waals surface area contributed by atoms with Gasteiger partial charge in [-0.3, -0.25) is 5.32 Å². The van der Waals surface area contributed by atoms with Crippen LogP contribution in [0.2, 0.25) is 0 Å². The first-order valence-corrected chi connectivity index (χ1v) is 8.30. The zero-order chi connectivity index (χ0) is 15.1. The van der Waals surface area contributed by atoms with Gasteiger partial charge in [0.05, 0.1) is 13.2 Å². The molecule has 0 bridgehead atoms. The van der Waals surface area contributed by atoms with Gasteiger partial charge in [0.1, 0.15) is 5.54 Å². The molecule has 1 N–H and O–H groups in total. The van der Waals surface area contributed by atoms with E-state index in [-0.39, 0.29) is 5.97 Å².